The van der Waals surface area contributed by atoms with E-state index in [1.54, 1.807) is 43.5 Å². The van der Waals surface area contributed by atoms with E-state index in [-0.39, 0.29) is 10.8 Å². The number of piperazine rings is 1. The highest BCUT2D eigenvalue weighted by molar-refractivity contribution is 7.89. The Balaban J connectivity index is 1.52. The van der Waals surface area contributed by atoms with Crippen molar-refractivity contribution in [3.63, 3.8) is 0 Å². The average molecular weight is 466 g/mol. The fourth-order valence-corrected chi connectivity index (χ4v) is 5.46. The molecule has 0 aliphatic carbocycles. The van der Waals surface area contributed by atoms with E-state index in [4.69, 9.17) is 4.74 Å². The number of anilines is 1. The number of nitrogens with zero attached hydrogens (tertiary/aromatic N) is 2. The van der Waals surface area contributed by atoms with E-state index < -0.39 is 16.1 Å². The number of nitrogens with one attached hydrogen (secondary N) is 1. The summed E-state index contributed by atoms with van der Waals surface area (Å²) < 4.78 is 32.7. The van der Waals surface area contributed by atoms with Crippen molar-refractivity contribution in [1.82, 2.24) is 9.21 Å². The Morgan fingerprint density at radius 2 is 1.52 bits per heavy atom. The van der Waals surface area contributed by atoms with E-state index in [1.807, 2.05) is 53.4 Å². The molecule has 7 nitrogen and oxygen atoms in total. The summed E-state index contributed by atoms with van der Waals surface area (Å²) in [7, 11) is -1.98. The maximum atomic E-state index is 13.4. The molecule has 1 N–H and O–H groups in total. The lowest BCUT2D eigenvalue weighted by molar-refractivity contribution is -0.122. The van der Waals surface area contributed by atoms with E-state index in [2.05, 4.69) is 5.32 Å². The van der Waals surface area contributed by atoms with Crippen LogP contribution >= 0.6 is 0 Å². The van der Waals surface area contributed by atoms with Crippen molar-refractivity contribution in [2.24, 2.45) is 0 Å². The van der Waals surface area contributed by atoms with Crippen molar-refractivity contribution in [3.05, 3.63) is 90.5 Å². The summed E-state index contributed by atoms with van der Waals surface area (Å²) in [6.07, 6.45) is 0. The van der Waals surface area contributed by atoms with Gasteiger partial charge in [-0.1, -0.05) is 54.6 Å². The van der Waals surface area contributed by atoms with Gasteiger partial charge in [0, 0.05) is 37.9 Å². The molecule has 3 aromatic carbocycles. The highest BCUT2D eigenvalue weighted by Gasteiger charge is 2.34. The Hall–Kier alpha value is -3.20. The quantitative estimate of drug-likeness (QED) is 0.579. The molecule has 8 heteroatoms. The normalized spacial score (nSPS) is 16.2. The SMILES string of the molecule is COc1cccc(NC(=O)[C@H](c2ccccc2)N2CCN(S(=O)(=O)c3ccccc3)CC2)c1. The second kappa shape index (κ2) is 10.2. The van der Waals surface area contributed by atoms with Gasteiger partial charge in [-0.15, -0.1) is 0 Å². The van der Waals surface area contributed by atoms with Gasteiger partial charge in [0.15, 0.2) is 0 Å². The molecule has 1 amide bonds. The summed E-state index contributed by atoms with van der Waals surface area (Å²) in [6.45, 7) is 1.51. The molecular formula is C25H27N3O4S. The number of carbonyl (C=O) groups is 1. The zero-order valence-corrected chi connectivity index (χ0v) is 19.2. The summed E-state index contributed by atoms with van der Waals surface area (Å²) in [5.74, 6) is 0.484. The fraction of sp³-hybridized carbons (Fsp3) is 0.240. The van der Waals surface area contributed by atoms with Crippen LogP contribution in [0.25, 0.3) is 0 Å². The molecule has 1 atom stereocenters. The van der Waals surface area contributed by atoms with Crippen LogP contribution in [0, 0.1) is 0 Å². The maximum absolute atomic E-state index is 13.4. The first-order chi connectivity index (χ1) is 16.0. The van der Waals surface area contributed by atoms with Crippen LogP contribution in [-0.4, -0.2) is 56.8 Å². The third kappa shape index (κ3) is 5.24. The van der Waals surface area contributed by atoms with Gasteiger partial charge in [-0.2, -0.15) is 4.31 Å². The van der Waals surface area contributed by atoms with E-state index in [0.29, 0.717) is 37.6 Å². The van der Waals surface area contributed by atoms with Crippen molar-refractivity contribution in [2.45, 2.75) is 10.9 Å². The van der Waals surface area contributed by atoms with Crippen molar-refractivity contribution >= 4 is 21.6 Å². The highest BCUT2D eigenvalue weighted by atomic mass is 32.2. The molecule has 33 heavy (non-hydrogen) atoms. The molecule has 0 aromatic heterocycles. The van der Waals surface area contributed by atoms with Gasteiger partial charge in [0.05, 0.1) is 12.0 Å². The van der Waals surface area contributed by atoms with Crippen molar-refractivity contribution < 1.29 is 17.9 Å². The van der Waals surface area contributed by atoms with Gasteiger partial charge in [-0.05, 0) is 29.8 Å². The minimum Gasteiger partial charge on any atom is -0.497 e. The molecule has 1 fully saturated rings. The predicted molar refractivity (Wildman–Crippen MR) is 128 cm³/mol. The summed E-state index contributed by atoms with van der Waals surface area (Å²) in [5.41, 5.74) is 1.50. The monoisotopic (exact) mass is 465 g/mol. The van der Waals surface area contributed by atoms with Gasteiger partial charge in [0.25, 0.3) is 0 Å². The lowest BCUT2D eigenvalue weighted by Gasteiger charge is -2.38. The van der Waals surface area contributed by atoms with E-state index in [0.717, 1.165) is 5.56 Å². The molecule has 172 valence electrons. The smallest absolute Gasteiger partial charge is 0.246 e. The first-order valence-corrected chi connectivity index (χ1v) is 12.2. The number of carbonyl (C=O) groups excluding carboxylic acids is 1. The van der Waals surface area contributed by atoms with Gasteiger partial charge < -0.3 is 10.1 Å². The zero-order chi connectivity index (χ0) is 23.3. The number of hydrogen-bond donors (Lipinski definition) is 1. The van der Waals surface area contributed by atoms with Crippen LogP contribution in [0.3, 0.4) is 0 Å². The topological polar surface area (TPSA) is 79.0 Å². The summed E-state index contributed by atoms with van der Waals surface area (Å²) in [5, 5.41) is 2.99. The van der Waals surface area contributed by atoms with E-state index >= 15 is 0 Å². The standard InChI is InChI=1S/C25H27N3O4S/c1-32-22-12-8-11-21(19-22)26-25(29)24(20-9-4-2-5-10-20)27-15-17-28(18-16-27)33(30,31)23-13-6-3-7-14-23/h2-14,19,24H,15-18H2,1H3,(H,26,29)/t24-/m0/s1. The fourth-order valence-electron chi connectivity index (χ4n) is 4.02. The van der Waals surface area contributed by atoms with E-state index in [9.17, 15) is 13.2 Å². The molecule has 1 heterocycles. The third-order valence-corrected chi connectivity index (χ3v) is 7.63. The van der Waals surface area contributed by atoms with Crippen LogP contribution in [0.5, 0.6) is 5.75 Å². The lowest BCUT2D eigenvalue weighted by atomic mass is 10.0. The van der Waals surface area contributed by atoms with Crippen LogP contribution in [0.2, 0.25) is 0 Å². The van der Waals surface area contributed by atoms with Gasteiger partial charge in [-0.25, -0.2) is 8.42 Å². The minimum absolute atomic E-state index is 0.172. The van der Waals surface area contributed by atoms with Crippen LogP contribution < -0.4 is 10.1 Å². The molecule has 0 bridgehead atoms. The van der Waals surface area contributed by atoms with Gasteiger partial charge in [-0.3, -0.25) is 9.69 Å². The largest absolute Gasteiger partial charge is 0.497 e. The molecule has 0 unspecified atom stereocenters. The first-order valence-electron chi connectivity index (χ1n) is 10.8. The molecule has 3 aromatic rings. The number of ether oxygens (including phenoxy) is 1. The van der Waals surface area contributed by atoms with Crippen molar-refractivity contribution in [1.29, 1.82) is 0 Å². The first kappa shape index (κ1) is 23.0. The number of rotatable bonds is 7. The molecule has 4 rings (SSSR count). The second-order valence-electron chi connectivity index (χ2n) is 7.79. The predicted octanol–water partition coefficient (Wildman–Crippen LogP) is 3.38. The molecule has 0 saturated carbocycles. The van der Waals surface area contributed by atoms with Gasteiger partial charge in [0.2, 0.25) is 15.9 Å². The molecule has 0 spiro atoms. The lowest BCUT2D eigenvalue weighted by Crippen LogP contribution is -2.51. The Labute approximate surface area is 194 Å². The summed E-state index contributed by atoms with van der Waals surface area (Å²) in [6, 6.07) is 24.7. The van der Waals surface area contributed by atoms with Crippen molar-refractivity contribution in [2.75, 3.05) is 38.6 Å². The van der Waals surface area contributed by atoms with Crippen molar-refractivity contribution in [3.8, 4) is 5.75 Å². The van der Waals surface area contributed by atoms with Crippen LogP contribution in [0.4, 0.5) is 5.69 Å². The molecule has 0 radical (unpaired) electrons. The summed E-state index contributed by atoms with van der Waals surface area (Å²) >= 11 is 0. The van der Waals surface area contributed by atoms with Crippen LogP contribution in [0.1, 0.15) is 11.6 Å². The Morgan fingerprint density at radius 3 is 2.15 bits per heavy atom. The van der Waals surface area contributed by atoms with Gasteiger partial charge >= 0.3 is 0 Å². The third-order valence-electron chi connectivity index (χ3n) is 5.72. The number of methoxy groups -OCH3 is 1. The van der Waals surface area contributed by atoms with Gasteiger partial charge in [0.1, 0.15) is 11.8 Å². The number of sulfonamides is 1. The van der Waals surface area contributed by atoms with Crippen LogP contribution in [-0.2, 0) is 14.8 Å². The van der Waals surface area contributed by atoms with Crippen LogP contribution in [0.15, 0.2) is 89.8 Å². The Bertz CT molecular complexity index is 1180. The molecule has 1 aliphatic heterocycles. The molecule has 1 saturated heterocycles. The number of hydrogen-bond acceptors (Lipinski definition) is 5. The number of amides is 1. The average Bonchev–Trinajstić information content (AvgIpc) is 2.86. The van der Waals surface area contributed by atoms with E-state index in [1.165, 1.54) is 4.31 Å². The minimum atomic E-state index is -3.56. The second-order valence-corrected chi connectivity index (χ2v) is 9.73. The Morgan fingerprint density at radius 1 is 0.879 bits per heavy atom. The summed E-state index contributed by atoms with van der Waals surface area (Å²) in [4.78, 5) is 15.7. The zero-order valence-electron chi connectivity index (χ0n) is 18.4. The molecular weight excluding hydrogens is 438 g/mol. The molecule has 1 aliphatic rings. The Kier molecular flexibility index (Phi) is 7.08. The number of benzene rings is 3. The highest BCUT2D eigenvalue weighted by Crippen LogP contribution is 2.27. The maximum Gasteiger partial charge on any atom is 0.246 e.